The van der Waals surface area contributed by atoms with Crippen molar-refractivity contribution in [2.24, 2.45) is 7.05 Å². The van der Waals surface area contributed by atoms with Gasteiger partial charge < -0.3 is 9.88 Å². The first-order valence-electron chi connectivity index (χ1n) is 7.34. The van der Waals surface area contributed by atoms with Gasteiger partial charge in [0.25, 0.3) is 0 Å². The van der Waals surface area contributed by atoms with Crippen LogP contribution in [0.25, 0.3) is 11.0 Å². The number of carbonyl (C=O) groups is 2. The molecule has 2 N–H and O–H groups in total. The molecule has 0 unspecified atom stereocenters. The standard InChI is InChI=1S/C15H17ClN4O2S/c1-8(13(21)19-14(22)17-10-4-5-10)23-15-18-11-7-9(16)3-6-12(11)20(15)2/h3,6-8,10H,4-5H2,1-2H3,(H2,17,19,21,22)/t8-/m0/s1. The van der Waals surface area contributed by atoms with Gasteiger partial charge in [0, 0.05) is 18.1 Å². The molecule has 0 aliphatic heterocycles. The molecule has 3 amide bonds. The maximum atomic E-state index is 12.1. The first-order chi connectivity index (χ1) is 10.9. The average Bonchev–Trinajstić information content (AvgIpc) is 3.24. The van der Waals surface area contributed by atoms with Gasteiger partial charge in [-0.05, 0) is 38.0 Å². The Morgan fingerprint density at radius 3 is 2.87 bits per heavy atom. The molecule has 1 saturated carbocycles. The average molecular weight is 353 g/mol. The molecule has 23 heavy (non-hydrogen) atoms. The van der Waals surface area contributed by atoms with Crippen molar-refractivity contribution in [3.05, 3.63) is 23.2 Å². The van der Waals surface area contributed by atoms with E-state index in [4.69, 9.17) is 11.6 Å². The number of hydrogen-bond donors (Lipinski definition) is 2. The second kappa shape index (κ2) is 6.41. The van der Waals surface area contributed by atoms with Crippen molar-refractivity contribution < 1.29 is 9.59 Å². The number of thioether (sulfide) groups is 1. The van der Waals surface area contributed by atoms with Crippen LogP contribution in [-0.2, 0) is 11.8 Å². The van der Waals surface area contributed by atoms with E-state index in [2.05, 4.69) is 15.6 Å². The summed E-state index contributed by atoms with van der Waals surface area (Å²) in [5.74, 6) is -0.335. The van der Waals surface area contributed by atoms with E-state index < -0.39 is 11.3 Å². The first kappa shape index (κ1) is 16.1. The number of hydrogen-bond acceptors (Lipinski definition) is 4. The van der Waals surface area contributed by atoms with Gasteiger partial charge in [-0.15, -0.1) is 0 Å². The van der Waals surface area contributed by atoms with Gasteiger partial charge in [0.2, 0.25) is 5.91 Å². The normalized spacial score (nSPS) is 15.4. The third-order valence-electron chi connectivity index (χ3n) is 3.60. The van der Waals surface area contributed by atoms with Gasteiger partial charge in [-0.3, -0.25) is 10.1 Å². The molecular formula is C15H17ClN4O2S. The molecule has 1 aliphatic carbocycles. The number of fused-ring (bicyclic) bond motifs is 1. The van der Waals surface area contributed by atoms with Crippen LogP contribution in [0.1, 0.15) is 19.8 Å². The second-order valence-electron chi connectivity index (χ2n) is 5.58. The Morgan fingerprint density at radius 2 is 2.17 bits per heavy atom. The zero-order valence-corrected chi connectivity index (χ0v) is 14.4. The van der Waals surface area contributed by atoms with E-state index >= 15 is 0 Å². The Morgan fingerprint density at radius 1 is 1.43 bits per heavy atom. The summed E-state index contributed by atoms with van der Waals surface area (Å²) in [5.41, 5.74) is 1.72. The van der Waals surface area contributed by atoms with Crippen LogP contribution in [0.15, 0.2) is 23.4 Å². The number of urea groups is 1. The fourth-order valence-corrected chi connectivity index (χ4v) is 3.19. The zero-order chi connectivity index (χ0) is 16.6. The molecule has 1 aliphatic rings. The van der Waals surface area contributed by atoms with Crippen molar-refractivity contribution in [2.45, 2.75) is 36.2 Å². The number of imidazole rings is 1. The Kier molecular flexibility index (Phi) is 4.50. The van der Waals surface area contributed by atoms with Crippen molar-refractivity contribution in [2.75, 3.05) is 0 Å². The van der Waals surface area contributed by atoms with E-state index in [1.54, 1.807) is 19.1 Å². The molecule has 0 spiro atoms. The number of imide groups is 1. The lowest BCUT2D eigenvalue weighted by Crippen LogP contribution is -2.43. The molecule has 6 nitrogen and oxygen atoms in total. The monoisotopic (exact) mass is 352 g/mol. The molecule has 1 fully saturated rings. The quantitative estimate of drug-likeness (QED) is 0.829. The fraction of sp³-hybridized carbons (Fsp3) is 0.400. The van der Waals surface area contributed by atoms with Gasteiger partial charge in [-0.25, -0.2) is 9.78 Å². The lowest BCUT2D eigenvalue weighted by atomic mass is 10.3. The van der Waals surface area contributed by atoms with Crippen molar-refractivity contribution >= 4 is 46.3 Å². The van der Waals surface area contributed by atoms with Crippen LogP contribution in [0.4, 0.5) is 4.79 Å². The largest absolute Gasteiger partial charge is 0.335 e. The Hall–Kier alpha value is -1.73. The highest BCUT2D eigenvalue weighted by Crippen LogP contribution is 2.27. The minimum absolute atomic E-state index is 0.218. The molecule has 2 aromatic rings. The highest BCUT2D eigenvalue weighted by Gasteiger charge is 2.25. The summed E-state index contributed by atoms with van der Waals surface area (Å²) >= 11 is 7.28. The highest BCUT2D eigenvalue weighted by atomic mass is 35.5. The van der Waals surface area contributed by atoms with Crippen LogP contribution in [-0.4, -0.2) is 32.8 Å². The number of nitrogens with zero attached hydrogens (tertiary/aromatic N) is 2. The fourth-order valence-electron chi connectivity index (χ4n) is 2.13. The van der Waals surface area contributed by atoms with Gasteiger partial charge in [-0.1, -0.05) is 23.4 Å². The molecule has 1 aromatic heterocycles. The maximum absolute atomic E-state index is 12.1. The van der Waals surface area contributed by atoms with Crippen LogP contribution in [0.2, 0.25) is 5.02 Å². The second-order valence-corrected chi connectivity index (χ2v) is 7.33. The number of rotatable bonds is 4. The topological polar surface area (TPSA) is 76.0 Å². The van der Waals surface area contributed by atoms with E-state index in [1.165, 1.54) is 11.8 Å². The van der Waals surface area contributed by atoms with Crippen LogP contribution >= 0.6 is 23.4 Å². The summed E-state index contributed by atoms with van der Waals surface area (Å²) in [6.07, 6.45) is 1.96. The third kappa shape index (κ3) is 3.79. The van der Waals surface area contributed by atoms with Crippen LogP contribution in [0, 0.1) is 0 Å². The first-order valence-corrected chi connectivity index (χ1v) is 8.60. The summed E-state index contributed by atoms with van der Waals surface area (Å²) in [6.45, 7) is 1.75. The van der Waals surface area contributed by atoms with Crippen LogP contribution < -0.4 is 10.6 Å². The van der Waals surface area contributed by atoms with Crippen molar-refractivity contribution in [1.82, 2.24) is 20.2 Å². The molecule has 0 radical (unpaired) electrons. The van der Waals surface area contributed by atoms with E-state index in [9.17, 15) is 9.59 Å². The molecule has 1 aromatic carbocycles. The van der Waals surface area contributed by atoms with Gasteiger partial charge >= 0.3 is 6.03 Å². The predicted molar refractivity (Wildman–Crippen MR) is 90.7 cm³/mol. The smallest absolute Gasteiger partial charge is 0.321 e. The minimum Gasteiger partial charge on any atom is -0.335 e. The molecule has 1 heterocycles. The number of aryl methyl sites for hydroxylation is 1. The predicted octanol–water partition coefficient (Wildman–Crippen LogP) is 2.70. The number of benzene rings is 1. The van der Waals surface area contributed by atoms with Gasteiger partial charge in [0.15, 0.2) is 5.16 Å². The SMILES string of the molecule is C[C@H](Sc1nc2cc(Cl)ccc2n1C)C(=O)NC(=O)NC1CC1. The van der Waals surface area contributed by atoms with E-state index in [0.717, 1.165) is 23.9 Å². The zero-order valence-electron chi connectivity index (χ0n) is 12.8. The van der Waals surface area contributed by atoms with Crippen LogP contribution in [0.5, 0.6) is 0 Å². The molecule has 0 bridgehead atoms. The van der Waals surface area contributed by atoms with Gasteiger partial charge in [-0.2, -0.15) is 0 Å². The Labute approximate surface area is 143 Å². The van der Waals surface area contributed by atoms with Crippen molar-refractivity contribution in [1.29, 1.82) is 0 Å². The summed E-state index contributed by atoms with van der Waals surface area (Å²) in [5, 5.41) is 5.98. The Balaban J connectivity index is 1.66. The molecule has 3 rings (SSSR count). The summed E-state index contributed by atoms with van der Waals surface area (Å²) in [7, 11) is 1.88. The summed E-state index contributed by atoms with van der Waals surface area (Å²) in [6, 6.07) is 5.27. The summed E-state index contributed by atoms with van der Waals surface area (Å²) < 4.78 is 1.91. The van der Waals surface area contributed by atoms with Crippen molar-refractivity contribution in [3.63, 3.8) is 0 Å². The van der Waals surface area contributed by atoms with Gasteiger partial charge in [0.05, 0.1) is 16.3 Å². The minimum atomic E-state index is -0.439. The molecular weight excluding hydrogens is 336 g/mol. The maximum Gasteiger partial charge on any atom is 0.321 e. The molecule has 122 valence electrons. The summed E-state index contributed by atoms with van der Waals surface area (Å²) in [4.78, 5) is 28.2. The van der Waals surface area contributed by atoms with Crippen molar-refractivity contribution in [3.8, 4) is 0 Å². The molecule has 0 saturated heterocycles. The molecule has 8 heteroatoms. The lowest BCUT2D eigenvalue weighted by molar-refractivity contribution is -0.119. The molecule has 1 atom stereocenters. The van der Waals surface area contributed by atoms with E-state index in [-0.39, 0.29) is 11.9 Å². The number of nitrogens with one attached hydrogen (secondary N) is 2. The third-order valence-corrected chi connectivity index (χ3v) is 4.98. The highest BCUT2D eigenvalue weighted by molar-refractivity contribution is 8.00. The number of carbonyl (C=O) groups excluding carboxylic acids is 2. The number of halogens is 1. The van der Waals surface area contributed by atoms with E-state index in [1.807, 2.05) is 17.7 Å². The van der Waals surface area contributed by atoms with E-state index in [0.29, 0.717) is 10.2 Å². The van der Waals surface area contributed by atoms with Crippen LogP contribution in [0.3, 0.4) is 0 Å². The Bertz CT molecular complexity index is 772. The van der Waals surface area contributed by atoms with Gasteiger partial charge in [0.1, 0.15) is 0 Å². The number of amides is 3. The number of aromatic nitrogens is 2. The lowest BCUT2D eigenvalue weighted by Gasteiger charge is -2.11.